The number of rotatable bonds is 5. The predicted molar refractivity (Wildman–Crippen MR) is 130 cm³/mol. The standard InChI is InChI=1S/C22H22N6O.C2HF3O2/c1-4-19(28-9-11-29-12-10-28)5-2-16(1)27-22-14-18(7-8-23-22)26-17-3-6-20-21(13-17)25-15-24-20;3-2(4,5)1(6)7/h1-8,13-15H,9-12H2,(H,24,25)(H2,23,26,27);(H,6,7). The summed E-state index contributed by atoms with van der Waals surface area (Å²) in [5.41, 5.74) is 6.14. The molecule has 0 atom stereocenters. The van der Waals surface area contributed by atoms with Gasteiger partial charge in [0.2, 0.25) is 0 Å². The van der Waals surface area contributed by atoms with Gasteiger partial charge >= 0.3 is 12.1 Å². The van der Waals surface area contributed by atoms with Crippen molar-refractivity contribution in [3.8, 4) is 0 Å². The van der Waals surface area contributed by atoms with Gasteiger partial charge in [0.1, 0.15) is 5.82 Å². The fourth-order valence-corrected chi connectivity index (χ4v) is 3.48. The lowest BCUT2D eigenvalue weighted by atomic mass is 10.2. The van der Waals surface area contributed by atoms with Crippen molar-refractivity contribution in [2.24, 2.45) is 0 Å². The Bertz CT molecular complexity index is 1300. The average molecular weight is 500 g/mol. The highest BCUT2D eigenvalue weighted by molar-refractivity contribution is 5.80. The quantitative estimate of drug-likeness (QED) is 0.305. The summed E-state index contributed by atoms with van der Waals surface area (Å²) in [5.74, 6) is -1.97. The number of carboxylic acid groups (broad SMARTS) is 1. The number of carbonyl (C=O) groups is 1. The van der Waals surface area contributed by atoms with E-state index in [4.69, 9.17) is 14.6 Å². The fourth-order valence-electron chi connectivity index (χ4n) is 3.48. The Morgan fingerprint density at radius 2 is 1.61 bits per heavy atom. The van der Waals surface area contributed by atoms with Crippen LogP contribution in [0.1, 0.15) is 0 Å². The molecule has 0 bridgehead atoms. The van der Waals surface area contributed by atoms with E-state index in [1.165, 1.54) is 5.69 Å². The monoisotopic (exact) mass is 500 g/mol. The molecule has 0 radical (unpaired) electrons. The molecule has 1 saturated heterocycles. The van der Waals surface area contributed by atoms with Crippen LogP contribution in [0.25, 0.3) is 11.0 Å². The van der Waals surface area contributed by atoms with Crippen LogP contribution in [0.3, 0.4) is 0 Å². The Labute approximate surface area is 203 Å². The Balaban J connectivity index is 0.000000384. The summed E-state index contributed by atoms with van der Waals surface area (Å²) in [6.07, 6.45) is -1.59. The number of aliphatic carboxylic acids is 1. The van der Waals surface area contributed by atoms with Crippen LogP contribution in [0.15, 0.2) is 67.1 Å². The SMILES string of the molecule is O=C(O)C(F)(F)F.c1cc(Nc2ccc3nc[nH]c3c2)cc(Nc2ccc(N3CCOCC3)cc2)n1. The van der Waals surface area contributed by atoms with Crippen molar-refractivity contribution < 1.29 is 27.8 Å². The number of ether oxygens (including phenoxy) is 1. The maximum absolute atomic E-state index is 10.6. The summed E-state index contributed by atoms with van der Waals surface area (Å²) in [6, 6.07) is 18.4. The molecule has 3 heterocycles. The summed E-state index contributed by atoms with van der Waals surface area (Å²) in [6.45, 7) is 3.45. The smallest absolute Gasteiger partial charge is 0.475 e. The van der Waals surface area contributed by atoms with Crippen LogP contribution in [0.4, 0.5) is 41.7 Å². The maximum Gasteiger partial charge on any atom is 0.490 e. The zero-order valence-corrected chi connectivity index (χ0v) is 18.9. The second kappa shape index (κ2) is 11.0. The average Bonchev–Trinajstić information content (AvgIpc) is 3.33. The molecule has 1 aliphatic heterocycles. The van der Waals surface area contributed by atoms with Crippen molar-refractivity contribution in [1.82, 2.24) is 15.0 Å². The highest BCUT2D eigenvalue weighted by atomic mass is 19.4. The first-order valence-electron chi connectivity index (χ1n) is 10.9. The zero-order valence-electron chi connectivity index (χ0n) is 18.9. The molecule has 0 spiro atoms. The summed E-state index contributed by atoms with van der Waals surface area (Å²) in [5, 5.41) is 13.9. The molecule has 2 aromatic heterocycles. The Hall–Kier alpha value is -4.32. The van der Waals surface area contributed by atoms with Gasteiger partial charge in [-0.2, -0.15) is 13.2 Å². The van der Waals surface area contributed by atoms with Gasteiger partial charge in [0, 0.05) is 48.1 Å². The molecule has 0 amide bonds. The van der Waals surface area contributed by atoms with E-state index in [1.807, 2.05) is 30.3 Å². The van der Waals surface area contributed by atoms with Crippen molar-refractivity contribution in [1.29, 1.82) is 0 Å². The molecule has 4 N–H and O–H groups in total. The summed E-state index contributed by atoms with van der Waals surface area (Å²) >= 11 is 0. The number of hydrogen-bond donors (Lipinski definition) is 4. The minimum atomic E-state index is -5.08. The number of anilines is 5. The van der Waals surface area contributed by atoms with Crippen molar-refractivity contribution >= 4 is 45.6 Å². The highest BCUT2D eigenvalue weighted by Crippen LogP contribution is 2.24. The van der Waals surface area contributed by atoms with Gasteiger partial charge in [-0.3, -0.25) is 0 Å². The Morgan fingerprint density at radius 3 is 2.31 bits per heavy atom. The van der Waals surface area contributed by atoms with Crippen LogP contribution in [-0.2, 0) is 9.53 Å². The second-order valence-electron chi connectivity index (χ2n) is 7.76. The van der Waals surface area contributed by atoms with Crippen molar-refractivity contribution in [3.05, 3.63) is 67.1 Å². The number of pyridine rings is 1. The largest absolute Gasteiger partial charge is 0.490 e. The molecule has 1 fully saturated rings. The number of alkyl halides is 3. The Kier molecular flexibility index (Phi) is 7.54. The molecule has 1 aliphatic rings. The van der Waals surface area contributed by atoms with Gasteiger partial charge in [-0.1, -0.05) is 0 Å². The minimum Gasteiger partial charge on any atom is -0.475 e. The molecule has 5 rings (SSSR count). The van der Waals surface area contributed by atoms with Gasteiger partial charge in [0.15, 0.2) is 0 Å². The molecule has 12 heteroatoms. The van der Waals surface area contributed by atoms with Gasteiger partial charge in [0.05, 0.1) is 30.6 Å². The van der Waals surface area contributed by atoms with Crippen molar-refractivity contribution in [2.75, 3.05) is 41.8 Å². The lowest BCUT2D eigenvalue weighted by Crippen LogP contribution is -2.36. The number of carboxylic acids is 1. The van der Waals surface area contributed by atoms with E-state index in [-0.39, 0.29) is 0 Å². The molecular formula is C24H23F3N6O3. The molecular weight excluding hydrogens is 477 g/mol. The van der Waals surface area contributed by atoms with E-state index in [0.29, 0.717) is 0 Å². The number of halogens is 3. The normalized spacial score (nSPS) is 13.6. The third-order valence-electron chi connectivity index (χ3n) is 5.23. The topological polar surface area (TPSA) is 115 Å². The van der Waals surface area contributed by atoms with Gasteiger partial charge < -0.3 is 30.4 Å². The minimum absolute atomic E-state index is 0.789. The van der Waals surface area contributed by atoms with E-state index >= 15 is 0 Å². The van der Waals surface area contributed by atoms with E-state index in [2.05, 4.69) is 54.8 Å². The van der Waals surface area contributed by atoms with Crippen LogP contribution in [0.2, 0.25) is 0 Å². The number of benzene rings is 2. The molecule has 2 aromatic carbocycles. The zero-order chi connectivity index (χ0) is 25.5. The number of H-pyrrole nitrogens is 1. The van der Waals surface area contributed by atoms with E-state index < -0.39 is 12.1 Å². The van der Waals surface area contributed by atoms with Crippen LogP contribution in [-0.4, -0.2) is 58.5 Å². The highest BCUT2D eigenvalue weighted by Gasteiger charge is 2.38. The maximum atomic E-state index is 10.6. The van der Waals surface area contributed by atoms with Crippen LogP contribution in [0, 0.1) is 0 Å². The first kappa shape index (κ1) is 24.8. The van der Waals surface area contributed by atoms with Gasteiger partial charge in [-0.25, -0.2) is 14.8 Å². The van der Waals surface area contributed by atoms with Gasteiger partial charge in [0.25, 0.3) is 0 Å². The molecule has 9 nitrogen and oxygen atoms in total. The molecule has 188 valence electrons. The molecule has 0 saturated carbocycles. The second-order valence-corrected chi connectivity index (χ2v) is 7.76. The summed E-state index contributed by atoms with van der Waals surface area (Å²) in [7, 11) is 0. The van der Waals surface area contributed by atoms with Gasteiger partial charge in [-0.05, 0) is 48.5 Å². The van der Waals surface area contributed by atoms with Crippen molar-refractivity contribution in [3.63, 3.8) is 0 Å². The Morgan fingerprint density at radius 1 is 0.944 bits per heavy atom. The van der Waals surface area contributed by atoms with E-state index in [1.54, 1.807) is 12.5 Å². The summed E-state index contributed by atoms with van der Waals surface area (Å²) < 4.78 is 37.2. The van der Waals surface area contributed by atoms with E-state index in [0.717, 1.165) is 60.2 Å². The number of aromatic amines is 1. The van der Waals surface area contributed by atoms with Crippen molar-refractivity contribution in [2.45, 2.75) is 6.18 Å². The number of imidazole rings is 1. The first-order valence-corrected chi connectivity index (χ1v) is 10.9. The predicted octanol–water partition coefficient (Wildman–Crippen LogP) is 4.92. The number of nitrogens with one attached hydrogen (secondary N) is 3. The van der Waals surface area contributed by atoms with E-state index in [9.17, 15) is 13.2 Å². The third kappa shape index (κ3) is 6.63. The van der Waals surface area contributed by atoms with Crippen LogP contribution >= 0.6 is 0 Å². The van der Waals surface area contributed by atoms with Crippen LogP contribution in [0.5, 0.6) is 0 Å². The number of morpholine rings is 1. The van der Waals surface area contributed by atoms with Gasteiger partial charge in [-0.15, -0.1) is 0 Å². The molecule has 4 aromatic rings. The lowest BCUT2D eigenvalue weighted by Gasteiger charge is -2.28. The molecule has 0 aliphatic carbocycles. The number of hydrogen-bond acceptors (Lipinski definition) is 7. The summed E-state index contributed by atoms with van der Waals surface area (Å²) in [4.78, 5) is 23.1. The molecule has 0 unspecified atom stereocenters. The molecule has 36 heavy (non-hydrogen) atoms. The first-order chi connectivity index (χ1) is 17.3. The lowest BCUT2D eigenvalue weighted by molar-refractivity contribution is -0.192. The third-order valence-corrected chi connectivity index (χ3v) is 5.23. The fraction of sp³-hybridized carbons (Fsp3) is 0.208. The number of nitrogens with zero attached hydrogens (tertiary/aromatic N) is 3. The van der Waals surface area contributed by atoms with Crippen LogP contribution < -0.4 is 15.5 Å². The number of aromatic nitrogens is 3. The number of fused-ring (bicyclic) bond motifs is 1.